The summed E-state index contributed by atoms with van der Waals surface area (Å²) in [4.78, 5) is 0. The molecule has 0 saturated heterocycles. The molecule has 0 aromatic heterocycles. The number of hydrogen-bond donors (Lipinski definition) is 1. The van der Waals surface area contributed by atoms with E-state index in [0.717, 1.165) is 29.9 Å². The predicted molar refractivity (Wildman–Crippen MR) is 86.0 cm³/mol. The second-order valence-electron chi connectivity index (χ2n) is 5.15. The lowest BCUT2D eigenvalue weighted by Gasteiger charge is -2.19. The van der Waals surface area contributed by atoms with Gasteiger partial charge in [0, 0.05) is 6.04 Å². The van der Waals surface area contributed by atoms with E-state index in [0.29, 0.717) is 0 Å². The normalized spacial score (nSPS) is 12.0. The van der Waals surface area contributed by atoms with E-state index in [1.54, 1.807) is 14.2 Å². The van der Waals surface area contributed by atoms with Crippen LogP contribution in [0.25, 0.3) is 0 Å². The number of nitrogens with two attached hydrogens (primary N) is 1. The molecule has 0 radical (unpaired) electrons. The third-order valence-electron chi connectivity index (χ3n) is 3.82. The van der Waals surface area contributed by atoms with Crippen molar-refractivity contribution >= 4 is 0 Å². The van der Waals surface area contributed by atoms with Crippen LogP contribution in [0, 0.1) is 6.92 Å². The van der Waals surface area contributed by atoms with E-state index in [4.69, 9.17) is 15.2 Å². The summed E-state index contributed by atoms with van der Waals surface area (Å²) < 4.78 is 10.8. The van der Waals surface area contributed by atoms with Gasteiger partial charge in [0.05, 0.1) is 19.8 Å². The van der Waals surface area contributed by atoms with Gasteiger partial charge in [-0.2, -0.15) is 0 Å². The first kappa shape index (κ1) is 15.4. The average molecular weight is 285 g/mol. The van der Waals surface area contributed by atoms with E-state index in [-0.39, 0.29) is 6.04 Å². The molecule has 112 valence electrons. The summed E-state index contributed by atoms with van der Waals surface area (Å²) in [5.74, 6) is 1.57. The minimum absolute atomic E-state index is 0.115. The van der Waals surface area contributed by atoms with E-state index >= 15 is 0 Å². The molecule has 0 aliphatic heterocycles. The van der Waals surface area contributed by atoms with Gasteiger partial charge < -0.3 is 15.2 Å². The van der Waals surface area contributed by atoms with Crippen LogP contribution >= 0.6 is 0 Å². The van der Waals surface area contributed by atoms with Crippen molar-refractivity contribution in [1.29, 1.82) is 0 Å². The molecule has 21 heavy (non-hydrogen) atoms. The largest absolute Gasteiger partial charge is 0.496 e. The summed E-state index contributed by atoms with van der Waals surface area (Å²) >= 11 is 0. The van der Waals surface area contributed by atoms with Crippen molar-refractivity contribution in [3.05, 3.63) is 59.2 Å². The van der Waals surface area contributed by atoms with Crippen molar-refractivity contribution in [1.82, 2.24) is 0 Å². The van der Waals surface area contributed by atoms with Gasteiger partial charge in [-0.15, -0.1) is 0 Å². The molecule has 0 aliphatic carbocycles. The van der Waals surface area contributed by atoms with Gasteiger partial charge in [0.2, 0.25) is 0 Å². The topological polar surface area (TPSA) is 44.5 Å². The van der Waals surface area contributed by atoms with Crippen LogP contribution in [0.2, 0.25) is 0 Å². The molecule has 0 amide bonds. The summed E-state index contributed by atoms with van der Waals surface area (Å²) in [6.45, 7) is 2.13. The second kappa shape index (κ2) is 7.14. The minimum Gasteiger partial charge on any atom is -0.496 e. The Morgan fingerprint density at radius 3 is 2.14 bits per heavy atom. The smallest absolute Gasteiger partial charge is 0.127 e. The molecule has 2 N–H and O–H groups in total. The van der Waals surface area contributed by atoms with Gasteiger partial charge in [0.1, 0.15) is 11.5 Å². The highest BCUT2D eigenvalue weighted by atomic mass is 16.5. The highest BCUT2D eigenvalue weighted by Crippen LogP contribution is 2.34. The highest BCUT2D eigenvalue weighted by molar-refractivity contribution is 5.47. The van der Waals surface area contributed by atoms with Gasteiger partial charge in [-0.1, -0.05) is 30.3 Å². The van der Waals surface area contributed by atoms with E-state index < -0.39 is 0 Å². The number of benzene rings is 2. The van der Waals surface area contributed by atoms with Gasteiger partial charge in [0.15, 0.2) is 0 Å². The SMILES string of the molecule is COc1cccc(OC)c1C(N)CCc1ccccc1C. The van der Waals surface area contributed by atoms with Gasteiger partial charge in [-0.3, -0.25) is 0 Å². The van der Waals surface area contributed by atoms with Gasteiger partial charge in [0.25, 0.3) is 0 Å². The molecule has 2 aromatic carbocycles. The van der Waals surface area contributed by atoms with Crippen molar-refractivity contribution < 1.29 is 9.47 Å². The van der Waals surface area contributed by atoms with Crippen LogP contribution in [-0.2, 0) is 6.42 Å². The molecule has 0 spiro atoms. The van der Waals surface area contributed by atoms with E-state index in [1.165, 1.54) is 11.1 Å². The van der Waals surface area contributed by atoms with Crippen LogP contribution in [0.1, 0.15) is 29.2 Å². The first-order valence-electron chi connectivity index (χ1n) is 7.18. The Hall–Kier alpha value is -2.00. The second-order valence-corrected chi connectivity index (χ2v) is 5.15. The Morgan fingerprint density at radius 2 is 1.57 bits per heavy atom. The summed E-state index contributed by atoms with van der Waals surface area (Å²) in [6.07, 6.45) is 1.79. The van der Waals surface area contributed by atoms with Crippen LogP contribution in [0.3, 0.4) is 0 Å². The van der Waals surface area contributed by atoms with Crippen molar-refractivity contribution in [2.45, 2.75) is 25.8 Å². The van der Waals surface area contributed by atoms with Crippen molar-refractivity contribution in [2.24, 2.45) is 5.73 Å². The Morgan fingerprint density at radius 1 is 0.952 bits per heavy atom. The van der Waals surface area contributed by atoms with Gasteiger partial charge in [-0.05, 0) is 43.0 Å². The standard InChI is InChI=1S/C18H23NO2/c1-13-7-4-5-8-14(13)11-12-15(19)18-16(20-2)9-6-10-17(18)21-3/h4-10,15H,11-12,19H2,1-3H3. The van der Waals surface area contributed by atoms with Crippen LogP contribution in [0.5, 0.6) is 11.5 Å². The lowest BCUT2D eigenvalue weighted by molar-refractivity contribution is 0.377. The Labute approximate surface area is 126 Å². The summed E-state index contributed by atoms with van der Waals surface area (Å²) in [7, 11) is 3.32. The number of aryl methyl sites for hydroxylation is 2. The maximum atomic E-state index is 6.39. The molecule has 3 nitrogen and oxygen atoms in total. The van der Waals surface area contributed by atoms with E-state index in [9.17, 15) is 0 Å². The predicted octanol–water partition coefficient (Wildman–Crippen LogP) is 3.64. The number of ether oxygens (including phenoxy) is 2. The van der Waals surface area contributed by atoms with Crippen LogP contribution in [0.4, 0.5) is 0 Å². The molecule has 1 atom stereocenters. The molecule has 0 heterocycles. The maximum Gasteiger partial charge on any atom is 0.127 e. The fourth-order valence-corrected chi connectivity index (χ4v) is 2.59. The maximum absolute atomic E-state index is 6.39. The first-order valence-corrected chi connectivity index (χ1v) is 7.18. The molecule has 0 bridgehead atoms. The molecule has 0 saturated carbocycles. The van der Waals surface area contributed by atoms with Crippen molar-refractivity contribution in [3.63, 3.8) is 0 Å². The molecule has 1 unspecified atom stereocenters. The Bertz CT molecular complexity index is 573. The fraction of sp³-hybridized carbons (Fsp3) is 0.333. The highest BCUT2D eigenvalue weighted by Gasteiger charge is 2.17. The quantitative estimate of drug-likeness (QED) is 0.881. The number of methoxy groups -OCH3 is 2. The molecular weight excluding hydrogens is 262 g/mol. The fourth-order valence-electron chi connectivity index (χ4n) is 2.59. The van der Waals surface area contributed by atoms with Gasteiger partial charge >= 0.3 is 0 Å². The lowest BCUT2D eigenvalue weighted by Crippen LogP contribution is -2.14. The van der Waals surface area contributed by atoms with Crippen LogP contribution in [-0.4, -0.2) is 14.2 Å². The minimum atomic E-state index is -0.115. The van der Waals surface area contributed by atoms with Gasteiger partial charge in [-0.25, -0.2) is 0 Å². The zero-order valence-electron chi connectivity index (χ0n) is 12.9. The molecule has 0 fully saturated rings. The zero-order chi connectivity index (χ0) is 15.2. The monoisotopic (exact) mass is 285 g/mol. The van der Waals surface area contributed by atoms with E-state index in [1.807, 2.05) is 18.2 Å². The third kappa shape index (κ3) is 3.56. The zero-order valence-corrected chi connectivity index (χ0v) is 12.9. The van der Waals surface area contributed by atoms with Crippen LogP contribution < -0.4 is 15.2 Å². The van der Waals surface area contributed by atoms with Crippen molar-refractivity contribution in [3.8, 4) is 11.5 Å². The molecular formula is C18H23NO2. The average Bonchev–Trinajstić information content (AvgIpc) is 2.52. The molecule has 0 aliphatic rings. The number of hydrogen-bond acceptors (Lipinski definition) is 3. The summed E-state index contributed by atoms with van der Waals surface area (Å²) in [5.41, 5.74) is 9.96. The Balaban J connectivity index is 2.17. The number of rotatable bonds is 6. The Kier molecular flexibility index (Phi) is 5.23. The summed E-state index contributed by atoms with van der Waals surface area (Å²) in [6, 6.07) is 14.0. The van der Waals surface area contributed by atoms with E-state index in [2.05, 4.69) is 31.2 Å². The summed E-state index contributed by atoms with van der Waals surface area (Å²) in [5, 5.41) is 0. The lowest BCUT2D eigenvalue weighted by atomic mass is 9.96. The first-order chi connectivity index (χ1) is 10.2. The molecule has 3 heteroatoms. The third-order valence-corrected chi connectivity index (χ3v) is 3.82. The van der Waals surface area contributed by atoms with Crippen molar-refractivity contribution in [2.75, 3.05) is 14.2 Å². The molecule has 2 aromatic rings. The molecule has 2 rings (SSSR count). The van der Waals surface area contributed by atoms with Crippen LogP contribution in [0.15, 0.2) is 42.5 Å².